The van der Waals surface area contributed by atoms with E-state index in [1.807, 2.05) is 24.0 Å². The lowest BCUT2D eigenvalue weighted by molar-refractivity contribution is -0.138. The number of carbonyl (C=O) groups is 1. The van der Waals surface area contributed by atoms with Crippen molar-refractivity contribution >= 4 is 5.91 Å². The zero-order chi connectivity index (χ0) is 12.3. The molecule has 2 rings (SSSR count). The Morgan fingerprint density at radius 2 is 2.41 bits per heavy atom. The Morgan fingerprint density at radius 3 is 3.18 bits per heavy atom. The average Bonchev–Trinajstić information content (AvgIpc) is 2.35. The molecule has 1 aromatic rings. The minimum absolute atomic E-state index is 0.166. The van der Waals surface area contributed by atoms with Crippen molar-refractivity contribution in [1.29, 1.82) is 0 Å². The third-order valence-corrected chi connectivity index (χ3v) is 3.26. The molecule has 1 aliphatic rings. The summed E-state index contributed by atoms with van der Waals surface area (Å²) in [6, 6.07) is 3.93. The molecule has 0 saturated carbocycles. The number of likely N-dealkylation sites (tertiary alicyclic amines) is 1. The lowest BCUT2D eigenvalue weighted by atomic mass is 9.99. The highest BCUT2D eigenvalue weighted by Gasteiger charge is 2.24. The summed E-state index contributed by atoms with van der Waals surface area (Å²) in [6.45, 7) is 3.99. The Bertz CT molecular complexity index is 405. The molecular weight excluding hydrogens is 214 g/mol. The van der Waals surface area contributed by atoms with Crippen LogP contribution in [0.3, 0.4) is 0 Å². The Hall–Kier alpha value is -1.42. The quantitative estimate of drug-likeness (QED) is 0.856. The van der Waals surface area contributed by atoms with Gasteiger partial charge >= 0.3 is 0 Å². The summed E-state index contributed by atoms with van der Waals surface area (Å²) in [6.07, 6.45) is 3.87. The fourth-order valence-electron chi connectivity index (χ4n) is 2.25. The Kier molecular flexibility index (Phi) is 3.74. The largest absolute Gasteiger partial charge is 0.338 e. The monoisotopic (exact) mass is 233 g/mol. The third kappa shape index (κ3) is 2.82. The fourth-order valence-corrected chi connectivity index (χ4v) is 2.25. The molecule has 1 amide bonds. The maximum atomic E-state index is 12.0. The molecule has 0 aromatic carbocycles. The second-order valence-electron chi connectivity index (χ2n) is 4.66. The van der Waals surface area contributed by atoms with E-state index in [4.69, 9.17) is 5.73 Å². The predicted octanol–water partition coefficient (Wildman–Crippen LogP) is 1.30. The van der Waals surface area contributed by atoms with Crippen molar-refractivity contribution in [2.24, 2.45) is 11.7 Å². The molecular formula is C13H19N3O. The highest BCUT2D eigenvalue weighted by Crippen LogP contribution is 2.19. The molecule has 4 heteroatoms. The summed E-state index contributed by atoms with van der Waals surface area (Å²) >= 11 is 0. The van der Waals surface area contributed by atoms with E-state index in [9.17, 15) is 4.79 Å². The van der Waals surface area contributed by atoms with Crippen LogP contribution >= 0.6 is 0 Å². The van der Waals surface area contributed by atoms with Crippen LogP contribution in [0, 0.1) is 5.92 Å². The Balaban J connectivity index is 2.06. The number of nitrogens with zero attached hydrogens (tertiary/aromatic N) is 2. The summed E-state index contributed by atoms with van der Waals surface area (Å²) in [5.74, 6) is 0.432. The van der Waals surface area contributed by atoms with Gasteiger partial charge in [-0.05, 0) is 30.5 Å². The molecule has 0 bridgehead atoms. The van der Waals surface area contributed by atoms with E-state index < -0.39 is 0 Å². The molecule has 1 aromatic heterocycles. The molecule has 0 spiro atoms. The van der Waals surface area contributed by atoms with Crippen molar-refractivity contribution in [2.45, 2.75) is 32.9 Å². The molecule has 0 radical (unpaired) electrons. The maximum Gasteiger partial charge on any atom is 0.225 e. The van der Waals surface area contributed by atoms with Gasteiger partial charge in [0.15, 0.2) is 0 Å². The topological polar surface area (TPSA) is 59.2 Å². The van der Waals surface area contributed by atoms with Crippen LogP contribution in [0.4, 0.5) is 0 Å². The molecule has 2 N–H and O–H groups in total. The van der Waals surface area contributed by atoms with Gasteiger partial charge in [-0.3, -0.25) is 9.78 Å². The smallest absolute Gasteiger partial charge is 0.225 e. The van der Waals surface area contributed by atoms with Gasteiger partial charge in [0.1, 0.15) is 0 Å². The number of carbonyl (C=O) groups excluding carboxylic acids is 1. The van der Waals surface area contributed by atoms with Crippen molar-refractivity contribution in [2.75, 3.05) is 6.54 Å². The van der Waals surface area contributed by atoms with Crippen molar-refractivity contribution in [3.8, 4) is 0 Å². The maximum absolute atomic E-state index is 12.0. The number of rotatable bonds is 3. The van der Waals surface area contributed by atoms with Crippen molar-refractivity contribution in [3.05, 3.63) is 29.6 Å². The Labute approximate surface area is 102 Å². The number of aromatic nitrogens is 1. The number of hydrogen-bond acceptors (Lipinski definition) is 3. The van der Waals surface area contributed by atoms with E-state index in [1.165, 1.54) is 0 Å². The van der Waals surface area contributed by atoms with Crippen molar-refractivity contribution in [3.63, 3.8) is 0 Å². The normalized spacial score (nSPS) is 20.7. The molecule has 0 aliphatic carbocycles. The van der Waals surface area contributed by atoms with Gasteiger partial charge in [-0.2, -0.15) is 0 Å². The highest BCUT2D eigenvalue weighted by molar-refractivity contribution is 5.79. The van der Waals surface area contributed by atoms with Crippen molar-refractivity contribution < 1.29 is 4.79 Å². The molecule has 17 heavy (non-hydrogen) atoms. The minimum atomic E-state index is 0.166. The van der Waals surface area contributed by atoms with E-state index in [-0.39, 0.29) is 11.8 Å². The van der Waals surface area contributed by atoms with Crippen LogP contribution in [-0.4, -0.2) is 22.3 Å². The second kappa shape index (κ2) is 5.27. The Morgan fingerprint density at radius 1 is 1.59 bits per heavy atom. The van der Waals surface area contributed by atoms with Gasteiger partial charge in [0.25, 0.3) is 0 Å². The van der Waals surface area contributed by atoms with Crippen LogP contribution in [0.2, 0.25) is 0 Å². The fraction of sp³-hybridized carbons (Fsp3) is 0.538. The van der Waals surface area contributed by atoms with E-state index in [0.717, 1.165) is 30.6 Å². The SMILES string of the molecule is CC1CCCN(Cc2ccnc(CN)c2)C1=O. The highest BCUT2D eigenvalue weighted by atomic mass is 16.2. The van der Waals surface area contributed by atoms with Gasteiger partial charge in [-0.25, -0.2) is 0 Å². The number of piperidine rings is 1. The zero-order valence-corrected chi connectivity index (χ0v) is 10.2. The van der Waals surface area contributed by atoms with Crippen molar-refractivity contribution in [1.82, 2.24) is 9.88 Å². The zero-order valence-electron chi connectivity index (χ0n) is 10.2. The first-order valence-electron chi connectivity index (χ1n) is 6.13. The van der Waals surface area contributed by atoms with Crippen LogP contribution in [0.15, 0.2) is 18.3 Å². The second-order valence-corrected chi connectivity index (χ2v) is 4.66. The lowest BCUT2D eigenvalue weighted by Gasteiger charge is -2.30. The number of hydrogen-bond donors (Lipinski definition) is 1. The predicted molar refractivity (Wildman–Crippen MR) is 65.9 cm³/mol. The van der Waals surface area contributed by atoms with E-state index in [0.29, 0.717) is 13.1 Å². The molecule has 1 aliphatic heterocycles. The molecule has 2 heterocycles. The van der Waals surface area contributed by atoms with Gasteiger partial charge < -0.3 is 10.6 Å². The van der Waals surface area contributed by atoms with Gasteiger partial charge in [-0.1, -0.05) is 6.92 Å². The number of nitrogens with two attached hydrogens (primary N) is 1. The van der Waals surface area contributed by atoms with Crippen LogP contribution in [0.5, 0.6) is 0 Å². The standard InChI is InChI=1S/C13H19N3O/c1-10-3-2-6-16(13(10)17)9-11-4-5-15-12(7-11)8-14/h4-5,7,10H,2-3,6,8-9,14H2,1H3. The summed E-state index contributed by atoms with van der Waals surface area (Å²) in [5, 5.41) is 0. The third-order valence-electron chi connectivity index (χ3n) is 3.26. The summed E-state index contributed by atoms with van der Waals surface area (Å²) in [5.41, 5.74) is 7.55. The minimum Gasteiger partial charge on any atom is -0.338 e. The average molecular weight is 233 g/mol. The molecule has 1 atom stereocenters. The molecule has 1 saturated heterocycles. The number of pyridine rings is 1. The summed E-state index contributed by atoms with van der Waals surface area (Å²) in [4.78, 5) is 18.1. The van der Waals surface area contributed by atoms with E-state index in [1.54, 1.807) is 6.20 Å². The first kappa shape index (κ1) is 12.0. The lowest BCUT2D eigenvalue weighted by Crippen LogP contribution is -2.39. The molecule has 1 fully saturated rings. The van der Waals surface area contributed by atoms with E-state index in [2.05, 4.69) is 4.98 Å². The van der Waals surface area contributed by atoms with Gasteiger partial charge in [-0.15, -0.1) is 0 Å². The molecule has 4 nitrogen and oxygen atoms in total. The van der Waals surface area contributed by atoms with Crippen LogP contribution in [0.1, 0.15) is 31.0 Å². The first-order valence-corrected chi connectivity index (χ1v) is 6.13. The number of amides is 1. The van der Waals surface area contributed by atoms with Gasteiger partial charge in [0, 0.05) is 31.7 Å². The van der Waals surface area contributed by atoms with Crippen LogP contribution in [0.25, 0.3) is 0 Å². The van der Waals surface area contributed by atoms with Gasteiger partial charge in [0.2, 0.25) is 5.91 Å². The van der Waals surface area contributed by atoms with Crippen LogP contribution in [-0.2, 0) is 17.9 Å². The van der Waals surface area contributed by atoms with Gasteiger partial charge in [0.05, 0.1) is 5.69 Å². The molecule has 1 unspecified atom stereocenters. The summed E-state index contributed by atoms with van der Waals surface area (Å²) < 4.78 is 0. The van der Waals surface area contributed by atoms with E-state index >= 15 is 0 Å². The molecule has 92 valence electrons. The van der Waals surface area contributed by atoms with Crippen LogP contribution < -0.4 is 5.73 Å². The summed E-state index contributed by atoms with van der Waals surface area (Å²) in [7, 11) is 0. The first-order chi connectivity index (χ1) is 8.20.